The summed E-state index contributed by atoms with van der Waals surface area (Å²) in [5.41, 5.74) is 7.29. The van der Waals surface area contributed by atoms with Gasteiger partial charge in [-0.1, -0.05) is 46.1 Å². The molecule has 26 heteroatoms. The zero-order valence-corrected chi connectivity index (χ0v) is 47.2. The van der Waals surface area contributed by atoms with Crippen molar-refractivity contribution in [2.75, 3.05) is 43.4 Å². The number of hydrogen-bond donors (Lipinski definition) is 7. The van der Waals surface area contributed by atoms with E-state index in [0.717, 1.165) is 29.5 Å². The molecule has 3 aliphatic heterocycles. The van der Waals surface area contributed by atoms with Crippen LogP contribution in [0.5, 0.6) is 0 Å². The number of nitrogens with two attached hydrogens (primary N) is 1. The monoisotopic (exact) mass is 1160 g/mol. The van der Waals surface area contributed by atoms with Crippen LogP contribution in [0.15, 0.2) is 66.5 Å². The number of carbonyl (C=O) groups excluding carboxylic acids is 9. The lowest BCUT2D eigenvalue weighted by atomic mass is 9.81. The van der Waals surface area contributed by atoms with Gasteiger partial charge in [0.15, 0.2) is 5.60 Å². The molecule has 0 bridgehead atoms. The highest BCUT2D eigenvalue weighted by atomic mass is 32.2. The van der Waals surface area contributed by atoms with Gasteiger partial charge >= 0.3 is 18.1 Å². The van der Waals surface area contributed by atoms with E-state index in [2.05, 4.69) is 39.7 Å². The number of cyclic esters (lactones) is 1. The molecule has 5 heterocycles. The molecule has 2 aromatic carbocycles. The van der Waals surface area contributed by atoms with Gasteiger partial charge in [0, 0.05) is 47.0 Å². The highest BCUT2D eigenvalue weighted by molar-refractivity contribution is 7.99. The summed E-state index contributed by atoms with van der Waals surface area (Å²) >= 11 is 1.14. The fraction of sp³-hybridized carbons (Fsp3) is 0.421. The Balaban J connectivity index is 0.877. The van der Waals surface area contributed by atoms with Gasteiger partial charge in [0.2, 0.25) is 35.4 Å². The van der Waals surface area contributed by atoms with Gasteiger partial charge in [-0.2, -0.15) is 11.8 Å². The molecular formula is C57H66FN11O13S. The van der Waals surface area contributed by atoms with Crippen molar-refractivity contribution >= 4 is 81.9 Å². The normalized spacial score (nSPS) is 17.5. The molecule has 1 saturated heterocycles. The summed E-state index contributed by atoms with van der Waals surface area (Å²) in [4.78, 5) is 139. The lowest BCUT2D eigenvalue weighted by Crippen LogP contribution is -2.59. The van der Waals surface area contributed by atoms with Crippen molar-refractivity contribution in [2.24, 2.45) is 11.7 Å². The molecule has 4 atom stereocenters. The second-order valence-corrected chi connectivity index (χ2v) is 22.0. The number of rotatable bonds is 21. The number of aliphatic hydroxyl groups is 1. The third-order valence-electron chi connectivity index (χ3n) is 15.2. The third-order valence-corrected chi connectivity index (χ3v) is 16.1. The highest BCUT2D eigenvalue weighted by Crippen LogP contribution is 2.46. The first kappa shape index (κ1) is 60.4. The number of esters is 1. The minimum absolute atomic E-state index is 0.0180. The maximum Gasteiger partial charge on any atom is 0.407 e. The maximum atomic E-state index is 15.5. The van der Waals surface area contributed by atoms with Crippen LogP contribution in [0.25, 0.3) is 22.3 Å². The molecule has 1 aliphatic carbocycles. The van der Waals surface area contributed by atoms with Crippen molar-refractivity contribution < 1.29 is 62.1 Å². The van der Waals surface area contributed by atoms with Gasteiger partial charge in [-0.05, 0) is 97.6 Å². The van der Waals surface area contributed by atoms with Gasteiger partial charge in [0.25, 0.3) is 5.56 Å². The van der Waals surface area contributed by atoms with Gasteiger partial charge < -0.3 is 66.2 Å². The summed E-state index contributed by atoms with van der Waals surface area (Å²) in [6.45, 7) is 13.1. The summed E-state index contributed by atoms with van der Waals surface area (Å²) < 4.78 is 27.9. The molecular weight excluding hydrogens is 1100 g/mol. The van der Waals surface area contributed by atoms with Crippen LogP contribution in [-0.4, -0.2) is 133 Å². The molecule has 24 nitrogen and oxygen atoms in total. The molecule has 1 unspecified atom stereocenters. The van der Waals surface area contributed by atoms with E-state index in [1.165, 1.54) is 25.3 Å². The lowest BCUT2D eigenvalue weighted by molar-refractivity contribution is -0.172. The Labute approximate surface area is 480 Å². The number of ether oxygens (including phenoxy) is 2. The van der Waals surface area contributed by atoms with Crippen LogP contribution in [0.1, 0.15) is 97.9 Å². The van der Waals surface area contributed by atoms with Crippen LogP contribution in [0.4, 0.5) is 19.7 Å². The average Bonchev–Trinajstić information content (AvgIpc) is 2.48. The average molecular weight is 1160 g/mol. The number of urea groups is 1. The van der Waals surface area contributed by atoms with Crippen LogP contribution in [0.2, 0.25) is 0 Å². The first-order valence-electron chi connectivity index (χ1n) is 27.0. The number of amides is 9. The number of primary amides is 1. The molecule has 4 aliphatic rings. The Morgan fingerprint density at radius 1 is 0.964 bits per heavy atom. The van der Waals surface area contributed by atoms with Crippen molar-refractivity contribution in [3.8, 4) is 11.4 Å². The van der Waals surface area contributed by atoms with Crippen LogP contribution in [0, 0.1) is 18.7 Å². The van der Waals surface area contributed by atoms with E-state index < -0.39 is 88.7 Å². The number of anilines is 1. The van der Waals surface area contributed by atoms with Gasteiger partial charge in [-0.15, -0.1) is 0 Å². The van der Waals surface area contributed by atoms with E-state index in [4.69, 9.17) is 20.2 Å². The summed E-state index contributed by atoms with van der Waals surface area (Å²) in [5, 5.41) is 25.7. The van der Waals surface area contributed by atoms with Crippen molar-refractivity contribution in [1.82, 2.24) is 45.5 Å². The molecule has 83 heavy (non-hydrogen) atoms. The summed E-state index contributed by atoms with van der Waals surface area (Å²) in [7, 11) is 0. The first-order valence-corrected chi connectivity index (χ1v) is 28.2. The van der Waals surface area contributed by atoms with E-state index in [1.807, 2.05) is 0 Å². The van der Waals surface area contributed by atoms with Gasteiger partial charge in [-0.3, -0.25) is 33.6 Å². The number of aryl methyl sites for hydroxylation is 1. The van der Waals surface area contributed by atoms with Crippen molar-refractivity contribution in [1.29, 1.82) is 0 Å². The van der Waals surface area contributed by atoms with Crippen LogP contribution >= 0.6 is 11.8 Å². The molecule has 9 amide bonds. The van der Waals surface area contributed by atoms with E-state index in [-0.39, 0.29) is 101 Å². The van der Waals surface area contributed by atoms with Gasteiger partial charge in [0.05, 0.1) is 60.8 Å². The summed E-state index contributed by atoms with van der Waals surface area (Å²) in [6.07, 6.45) is 2.38. The second-order valence-electron chi connectivity index (χ2n) is 20.9. The van der Waals surface area contributed by atoms with E-state index in [1.54, 1.807) is 58.0 Å². The first-order chi connectivity index (χ1) is 39.6. The summed E-state index contributed by atoms with van der Waals surface area (Å²) in [5.74, 6) is -4.73. The number of halogens is 1. The molecule has 4 aromatic rings. The van der Waals surface area contributed by atoms with Crippen LogP contribution < -0.4 is 37.9 Å². The van der Waals surface area contributed by atoms with Crippen molar-refractivity contribution in [3.63, 3.8) is 0 Å². The van der Waals surface area contributed by atoms with E-state index in [9.17, 15) is 53.1 Å². The number of hydrogen-bond acceptors (Lipinski definition) is 15. The van der Waals surface area contributed by atoms with E-state index >= 15 is 4.39 Å². The maximum absolute atomic E-state index is 15.5. The number of alkyl carbamates (subject to hydrolysis) is 1. The number of benzene rings is 2. The zero-order valence-electron chi connectivity index (χ0n) is 46.4. The number of nitrogens with zero attached hydrogens (tertiary/aromatic N) is 5. The standard InChI is InChI=1S/C57H66FN11O13S/c1-7-44(71)66-27-67(45(72)8-2)29-68(28-66)46(73)18-20-83-26-43(70)65-49(30(4)5)52(75)63-40(11-10-19-60-55(59)78)51(74)61-33-14-12-32(13-15-33)24-82-56(79)64-39-17-16-34-31(6)38(58)22-41-47(34)48(39)35-23-69-42(50(35)62-41)21-37-36(53(69)76)25-81-54(77)57(37,80)9-3/h7-8,12-15,21-22,30,39-40,49,80H,1-2,9-11,16-20,23-29H2,3-6H3,(H,61,74)(H,63,75)(H,64,79)(H,65,70)(H3,59,60,78)/t39-,40-,49?,57-/m0/s1. The Hall–Kier alpha value is -8.65. The molecule has 2 aromatic heterocycles. The number of carbonyl (C=O) groups is 9. The fourth-order valence-corrected chi connectivity index (χ4v) is 11.4. The Morgan fingerprint density at radius 2 is 1.65 bits per heavy atom. The Morgan fingerprint density at radius 3 is 2.30 bits per heavy atom. The Bertz CT molecular complexity index is 3360. The number of fused-ring (bicyclic) bond motifs is 5. The molecule has 0 radical (unpaired) electrons. The number of pyridine rings is 2. The lowest BCUT2D eigenvalue weighted by Gasteiger charge is -2.41. The molecule has 0 spiro atoms. The van der Waals surface area contributed by atoms with E-state index in [0.29, 0.717) is 63.1 Å². The molecule has 1 fully saturated rings. The molecule has 8 N–H and O–H groups in total. The molecule has 8 rings (SSSR count). The van der Waals surface area contributed by atoms with Gasteiger partial charge in [-0.25, -0.2) is 23.8 Å². The number of aromatic nitrogens is 2. The van der Waals surface area contributed by atoms with Crippen LogP contribution in [-0.2, 0) is 74.8 Å². The SMILES string of the molecule is C=CC(=O)N1CN(C(=O)C=C)CN(C(=O)CCSCC(=O)NC(C(=O)N[C@@H](CCCNC(N)=O)C(=O)Nc2ccc(COC(=O)N[C@H]3CCc4c(C)c(F)cc5nc6c(c3c45)Cn3c-6cc4c(c3=O)COC(=O)[C@]4(O)CC)cc2)C(C)C)C1. The number of thioether (sulfide) groups is 1. The quantitative estimate of drug-likeness (QED) is 0.0315. The minimum atomic E-state index is -2.06. The third kappa shape index (κ3) is 13.0. The largest absolute Gasteiger partial charge is 0.458 e. The van der Waals surface area contributed by atoms with Crippen LogP contribution in [0.3, 0.4) is 0 Å². The fourth-order valence-electron chi connectivity index (χ4n) is 10.7. The summed E-state index contributed by atoms with van der Waals surface area (Å²) in [6, 6.07) is 5.64. The second kappa shape index (κ2) is 25.6. The highest BCUT2D eigenvalue weighted by Gasteiger charge is 2.46. The Kier molecular flexibility index (Phi) is 18.7. The molecule has 0 saturated carbocycles. The zero-order chi connectivity index (χ0) is 60.0. The minimum Gasteiger partial charge on any atom is -0.458 e. The predicted octanol–water partition coefficient (Wildman–Crippen LogP) is 3.32. The molecule has 440 valence electrons. The smallest absolute Gasteiger partial charge is 0.407 e. The van der Waals surface area contributed by atoms with Gasteiger partial charge in [0.1, 0.15) is 31.1 Å². The van der Waals surface area contributed by atoms with Crippen molar-refractivity contribution in [3.05, 3.63) is 117 Å². The number of nitrogens with one attached hydrogen (secondary N) is 5. The van der Waals surface area contributed by atoms with Crippen molar-refractivity contribution in [2.45, 2.75) is 110 Å². The topological polar surface area (TPSA) is 323 Å². The predicted molar refractivity (Wildman–Crippen MR) is 302 cm³/mol.